The Labute approximate surface area is 104 Å². The SMILES string of the molecule is Cc1cccc(OCc2cnc(NN)s2)c1C. The fraction of sp³-hybridized carbons (Fsp3) is 0.250. The Kier molecular flexibility index (Phi) is 3.61. The summed E-state index contributed by atoms with van der Waals surface area (Å²) in [6.07, 6.45) is 1.77. The molecule has 0 saturated carbocycles. The molecule has 0 saturated heterocycles. The van der Waals surface area contributed by atoms with Crippen LogP contribution in [0.5, 0.6) is 5.75 Å². The molecule has 5 heteroatoms. The standard InChI is InChI=1S/C12H15N3OS/c1-8-4-3-5-11(9(8)2)16-7-10-6-14-12(15-13)17-10/h3-6H,7,13H2,1-2H3,(H,14,15). The first-order valence-corrected chi connectivity index (χ1v) is 6.12. The van der Waals surface area contributed by atoms with E-state index in [2.05, 4.69) is 30.3 Å². The molecule has 0 fully saturated rings. The van der Waals surface area contributed by atoms with E-state index in [4.69, 9.17) is 10.6 Å². The number of rotatable bonds is 4. The molecule has 0 atom stereocenters. The van der Waals surface area contributed by atoms with Gasteiger partial charge in [0.1, 0.15) is 12.4 Å². The highest BCUT2D eigenvalue weighted by Crippen LogP contribution is 2.23. The predicted molar refractivity (Wildman–Crippen MR) is 70.2 cm³/mol. The summed E-state index contributed by atoms with van der Waals surface area (Å²) in [4.78, 5) is 5.13. The number of nitrogens with two attached hydrogens (primary N) is 1. The molecular formula is C12H15N3OS. The highest BCUT2D eigenvalue weighted by atomic mass is 32.1. The summed E-state index contributed by atoms with van der Waals surface area (Å²) >= 11 is 1.49. The number of ether oxygens (including phenoxy) is 1. The minimum absolute atomic E-state index is 0.518. The van der Waals surface area contributed by atoms with Crippen molar-refractivity contribution in [2.75, 3.05) is 5.43 Å². The third-order valence-electron chi connectivity index (χ3n) is 2.60. The minimum atomic E-state index is 0.518. The lowest BCUT2D eigenvalue weighted by atomic mass is 10.1. The lowest BCUT2D eigenvalue weighted by Crippen LogP contribution is -2.05. The maximum absolute atomic E-state index is 5.76. The van der Waals surface area contributed by atoms with Crippen molar-refractivity contribution in [3.05, 3.63) is 40.4 Å². The fourth-order valence-electron chi connectivity index (χ4n) is 1.47. The van der Waals surface area contributed by atoms with E-state index < -0.39 is 0 Å². The molecule has 3 N–H and O–H groups in total. The second kappa shape index (κ2) is 5.16. The average Bonchev–Trinajstić information content (AvgIpc) is 2.79. The van der Waals surface area contributed by atoms with Crippen LogP contribution in [0.3, 0.4) is 0 Å². The molecule has 90 valence electrons. The number of hydrazine groups is 1. The van der Waals surface area contributed by atoms with Crippen molar-refractivity contribution in [2.45, 2.75) is 20.5 Å². The van der Waals surface area contributed by atoms with Crippen molar-refractivity contribution < 1.29 is 4.74 Å². The van der Waals surface area contributed by atoms with Crippen LogP contribution in [0.25, 0.3) is 0 Å². The van der Waals surface area contributed by atoms with Gasteiger partial charge in [-0.05, 0) is 31.0 Å². The highest BCUT2D eigenvalue weighted by molar-refractivity contribution is 7.15. The number of nitrogens with zero attached hydrogens (tertiary/aromatic N) is 1. The average molecular weight is 249 g/mol. The zero-order valence-corrected chi connectivity index (χ0v) is 10.7. The van der Waals surface area contributed by atoms with Gasteiger partial charge in [0.05, 0.1) is 4.88 Å². The minimum Gasteiger partial charge on any atom is -0.488 e. The molecule has 1 heterocycles. The van der Waals surface area contributed by atoms with Gasteiger partial charge in [0.2, 0.25) is 0 Å². The second-order valence-corrected chi connectivity index (χ2v) is 4.88. The Morgan fingerprint density at radius 1 is 1.41 bits per heavy atom. The number of hydrogen-bond acceptors (Lipinski definition) is 5. The maximum Gasteiger partial charge on any atom is 0.197 e. The van der Waals surface area contributed by atoms with E-state index in [-0.39, 0.29) is 0 Å². The number of anilines is 1. The molecule has 0 aliphatic rings. The third kappa shape index (κ3) is 2.75. The first-order chi connectivity index (χ1) is 8.20. The molecule has 1 aromatic carbocycles. The van der Waals surface area contributed by atoms with Gasteiger partial charge in [-0.2, -0.15) is 0 Å². The van der Waals surface area contributed by atoms with E-state index in [1.165, 1.54) is 22.5 Å². The molecule has 0 amide bonds. The summed E-state index contributed by atoms with van der Waals surface area (Å²) < 4.78 is 5.76. The molecule has 17 heavy (non-hydrogen) atoms. The molecule has 0 aliphatic heterocycles. The number of aromatic nitrogens is 1. The van der Waals surface area contributed by atoms with Crippen LogP contribution in [0.2, 0.25) is 0 Å². The number of nitrogens with one attached hydrogen (secondary N) is 1. The fourth-order valence-corrected chi connectivity index (χ4v) is 2.11. The highest BCUT2D eigenvalue weighted by Gasteiger charge is 2.04. The molecule has 0 bridgehead atoms. The Morgan fingerprint density at radius 2 is 2.24 bits per heavy atom. The molecule has 2 aromatic rings. The van der Waals surface area contributed by atoms with Crippen LogP contribution < -0.4 is 16.0 Å². The normalized spacial score (nSPS) is 10.3. The molecule has 4 nitrogen and oxygen atoms in total. The van der Waals surface area contributed by atoms with Gasteiger partial charge in [-0.25, -0.2) is 10.8 Å². The molecule has 0 spiro atoms. The van der Waals surface area contributed by atoms with E-state index in [0.29, 0.717) is 11.7 Å². The summed E-state index contributed by atoms with van der Waals surface area (Å²) in [5.74, 6) is 6.19. The van der Waals surface area contributed by atoms with Crippen molar-refractivity contribution in [3.63, 3.8) is 0 Å². The van der Waals surface area contributed by atoms with Crippen LogP contribution in [0.4, 0.5) is 5.13 Å². The van der Waals surface area contributed by atoms with E-state index >= 15 is 0 Å². The van der Waals surface area contributed by atoms with Gasteiger partial charge in [-0.3, -0.25) is 5.43 Å². The van der Waals surface area contributed by atoms with Crippen LogP contribution in [-0.2, 0) is 6.61 Å². The van der Waals surface area contributed by atoms with Crippen LogP contribution in [0.15, 0.2) is 24.4 Å². The Balaban J connectivity index is 2.04. The van der Waals surface area contributed by atoms with Crippen molar-refractivity contribution in [2.24, 2.45) is 5.84 Å². The van der Waals surface area contributed by atoms with Gasteiger partial charge < -0.3 is 4.74 Å². The zero-order chi connectivity index (χ0) is 12.3. The molecule has 0 unspecified atom stereocenters. The van der Waals surface area contributed by atoms with Crippen molar-refractivity contribution >= 4 is 16.5 Å². The number of thiazole rings is 1. The Morgan fingerprint density at radius 3 is 2.94 bits per heavy atom. The van der Waals surface area contributed by atoms with Gasteiger partial charge in [0.25, 0.3) is 0 Å². The number of aryl methyl sites for hydroxylation is 1. The van der Waals surface area contributed by atoms with Gasteiger partial charge in [0, 0.05) is 6.20 Å². The summed E-state index contributed by atoms with van der Waals surface area (Å²) in [5, 5.41) is 0.699. The van der Waals surface area contributed by atoms with Crippen molar-refractivity contribution in [1.82, 2.24) is 4.98 Å². The first kappa shape index (κ1) is 11.9. The number of nitrogen functional groups attached to an aromatic ring is 1. The van der Waals surface area contributed by atoms with E-state index in [0.717, 1.165) is 10.6 Å². The third-order valence-corrected chi connectivity index (χ3v) is 3.50. The molecule has 2 rings (SSSR count). The first-order valence-electron chi connectivity index (χ1n) is 5.31. The van der Waals surface area contributed by atoms with Crippen LogP contribution in [-0.4, -0.2) is 4.98 Å². The van der Waals surface area contributed by atoms with Crippen LogP contribution >= 0.6 is 11.3 Å². The number of benzene rings is 1. The lowest BCUT2D eigenvalue weighted by Gasteiger charge is -2.09. The Hall–Kier alpha value is -1.59. The Bertz CT molecular complexity index is 510. The van der Waals surface area contributed by atoms with Crippen molar-refractivity contribution in [1.29, 1.82) is 0 Å². The summed E-state index contributed by atoms with van der Waals surface area (Å²) in [7, 11) is 0. The summed E-state index contributed by atoms with van der Waals surface area (Å²) in [6, 6.07) is 6.05. The van der Waals surface area contributed by atoms with E-state index in [1.54, 1.807) is 6.20 Å². The van der Waals surface area contributed by atoms with Gasteiger partial charge in [0.15, 0.2) is 5.13 Å². The molecule has 1 aromatic heterocycles. The monoisotopic (exact) mass is 249 g/mol. The van der Waals surface area contributed by atoms with Crippen molar-refractivity contribution in [3.8, 4) is 5.75 Å². The van der Waals surface area contributed by atoms with Crippen LogP contribution in [0, 0.1) is 13.8 Å². The van der Waals surface area contributed by atoms with E-state index in [1.807, 2.05) is 12.1 Å². The van der Waals surface area contributed by atoms with Crippen LogP contribution in [0.1, 0.15) is 16.0 Å². The molecular weight excluding hydrogens is 234 g/mol. The van der Waals surface area contributed by atoms with Gasteiger partial charge in [-0.15, -0.1) is 0 Å². The zero-order valence-electron chi connectivity index (χ0n) is 9.86. The summed E-state index contributed by atoms with van der Waals surface area (Å²) in [6.45, 7) is 4.65. The molecule has 0 aliphatic carbocycles. The lowest BCUT2D eigenvalue weighted by molar-refractivity contribution is 0.307. The quantitative estimate of drug-likeness (QED) is 0.646. The smallest absolute Gasteiger partial charge is 0.197 e. The largest absolute Gasteiger partial charge is 0.488 e. The predicted octanol–water partition coefficient (Wildman–Crippen LogP) is 2.62. The van der Waals surface area contributed by atoms with E-state index in [9.17, 15) is 0 Å². The number of hydrogen-bond donors (Lipinski definition) is 2. The van der Waals surface area contributed by atoms with Gasteiger partial charge >= 0.3 is 0 Å². The summed E-state index contributed by atoms with van der Waals surface area (Å²) in [5.41, 5.74) is 4.93. The maximum atomic E-state index is 5.76. The second-order valence-electron chi connectivity index (χ2n) is 3.76. The van der Waals surface area contributed by atoms with Gasteiger partial charge in [-0.1, -0.05) is 23.5 Å². The molecule has 0 radical (unpaired) electrons. The topological polar surface area (TPSA) is 60.2 Å².